The van der Waals surface area contributed by atoms with Gasteiger partial charge in [0.2, 0.25) is 6.79 Å². The molecule has 13 heavy (non-hydrogen) atoms. The third kappa shape index (κ3) is 1.31. The van der Waals surface area contributed by atoms with E-state index in [1.54, 1.807) is 0 Å². The SMILES string of the molecule is Cc1cc(CC#N)cc2c1OCO2. The molecular formula is C10H9NO2. The molecule has 0 spiro atoms. The van der Waals surface area contributed by atoms with Crippen LogP contribution in [-0.2, 0) is 6.42 Å². The van der Waals surface area contributed by atoms with Crippen LogP contribution in [0.3, 0.4) is 0 Å². The minimum Gasteiger partial charge on any atom is -0.454 e. The molecule has 0 radical (unpaired) electrons. The van der Waals surface area contributed by atoms with Gasteiger partial charge >= 0.3 is 0 Å². The molecule has 1 aliphatic heterocycles. The Bertz CT molecular complexity index is 379. The molecule has 0 N–H and O–H groups in total. The minimum atomic E-state index is 0.284. The average molecular weight is 175 g/mol. The van der Waals surface area contributed by atoms with Crippen LogP contribution in [-0.4, -0.2) is 6.79 Å². The number of nitrogens with zero attached hydrogens (tertiary/aromatic N) is 1. The van der Waals surface area contributed by atoms with Crippen LogP contribution in [0.15, 0.2) is 12.1 Å². The Hall–Kier alpha value is -1.69. The monoisotopic (exact) mass is 175 g/mol. The second kappa shape index (κ2) is 2.98. The van der Waals surface area contributed by atoms with Crippen LogP contribution < -0.4 is 9.47 Å². The van der Waals surface area contributed by atoms with Crippen molar-refractivity contribution < 1.29 is 9.47 Å². The Kier molecular flexibility index (Phi) is 1.82. The zero-order valence-electron chi connectivity index (χ0n) is 7.33. The smallest absolute Gasteiger partial charge is 0.231 e. The molecule has 0 bridgehead atoms. The molecule has 1 aromatic carbocycles. The van der Waals surface area contributed by atoms with Gasteiger partial charge in [0.05, 0.1) is 12.5 Å². The minimum absolute atomic E-state index is 0.284. The van der Waals surface area contributed by atoms with Gasteiger partial charge in [-0.1, -0.05) is 6.07 Å². The second-order valence-corrected chi connectivity index (χ2v) is 2.98. The molecule has 3 heteroatoms. The maximum absolute atomic E-state index is 8.54. The highest BCUT2D eigenvalue weighted by atomic mass is 16.7. The van der Waals surface area contributed by atoms with Crippen molar-refractivity contribution in [1.29, 1.82) is 5.26 Å². The Balaban J connectivity index is 2.44. The lowest BCUT2D eigenvalue weighted by molar-refractivity contribution is 0.173. The number of fused-ring (bicyclic) bond motifs is 1. The Labute approximate surface area is 76.5 Å². The fraction of sp³-hybridized carbons (Fsp3) is 0.300. The number of hydrogen-bond acceptors (Lipinski definition) is 3. The van der Waals surface area contributed by atoms with Crippen molar-refractivity contribution in [2.24, 2.45) is 0 Å². The predicted octanol–water partition coefficient (Wildman–Crippen LogP) is 1.79. The van der Waals surface area contributed by atoms with Gasteiger partial charge in [0.1, 0.15) is 0 Å². The second-order valence-electron chi connectivity index (χ2n) is 2.98. The fourth-order valence-corrected chi connectivity index (χ4v) is 1.45. The van der Waals surface area contributed by atoms with E-state index in [4.69, 9.17) is 14.7 Å². The summed E-state index contributed by atoms with van der Waals surface area (Å²) in [6.45, 7) is 2.24. The number of aryl methyl sites for hydroxylation is 1. The first-order chi connectivity index (χ1) is 6.31. The van der Waals surface area contributed by atoms with Crippen molar-refractivity contribution >= 4 is 0 Å². The van der Waals surface area contributed by atoms with Crippen molar-refractivity contribution in [3.8, 4) is 17.6 Å². The molecular weight excluding hydrogens is 166 g/mol. The Morgan fingerprint density at radius 2 is 2.31 bits per heavy atom. The first-order valence-electron chi connectivity index (χ1n) is 4.07. The Morgan fingerprint density at radius 1 is 1.46 bits per heavy atom. The van der Waals surface area contributed by atoms with Crippen molar-refractivity contribution in [3.63, 3.8) is 0 Å². The third-order valence-corrected chi connectivity index (χ3v) is 2.00. The lowest BCUT2D eigenvalue weighted by Gasteiger charge is -2.02. The molecule has 1 heterocycles. The summed E-state index contributed by atoms with van der Waals surface area (Å²) in [5, 5.41) is 8.54. The first-order valence-corrected chi connectivity index (χ1v) is 4.07. The lowest BCUT2D eigenvalue weighted by atomic mass is 10.1. The highest BCUT2D eigenvalue weighted by Gasteiger charge is 2.16. The molecule has 0 unspecified atom stereocenters. The van der Waals surface area contributed by atoms with Crippen molar-refractivity contribution in [1.82, 2.24) is 0 Å². The maximum atomic E-state index is 8.54. The van der Waals surface area contributed by atoms with Crippen LogP contribution in [0.2, 0.25) is 0 Å². The van der Waals surface area contributed by atoms with Crippen LogP contribution >= 0.6 is 0 Å². The standard InChI is InChI=1S/C10H9NO2/c1-7-4-8(2-3-11)5-9-10(7)13-6-12-9/h4-5H,2,6H2,1H3. The van der Waals surface area contributed by atoms with Crippen molar-refractivity contribution in [2.45, 2.75) is 13.3 Å². The summed E-state index contributed by atoms with van der Waals surface area (Å²) in [6, 6.07) is 5.92. The molecule has 2 rings (SSSR count). The molecule has 66 valence electrons. The van der Waals surface area contributed by atoms with Crippen molar-refractivity contribution in [3.05, 3.63) is 23.3 Å². The zero-order chi connectivity index (χ0) is 9.26. The summed E-state index contributed by atoms with van der Waals surface area (Å²) >= 11 is 0. The van der Waals surface area contributed by atoms with Gasteiger partial charge in [0.15, 0.2) is 11.5 Å². The van der Waals surface area contributed by atoms with E-state index < -0.39 is 0 Å². The summed E-state index contributed by atoms with van der Waals surface area (Å²) in [6.07, 6.45) is 0.414. The molecule has 0 fully saturated rings. The largest absolute Gasteiger partial charge is 0.454 e. The maximum Gasteiger partial charge on any atom is 0.231 e. The highest BCUT2D eigenvalue weighted by molar-refractivity contribution is 5.50. The molecule has 0 saturated heterocycles. The van der Waals surface area contributed by atoms with E-state index in [0.29, 0.717) is 6.42 Å². The van der Waals surface area contributed by atoms with Gasteiger partial charge in [-0.3, -0.25) is 0 Å². The fourth-order valence-electron chi connectivity index (χ4n) is 1.45. The third-order valence-electron chi connectivity index (χ3n) is 2.00. The van der Waals surface area contributed by atoms with E-state index in [1.165, 1.54) is 0 Å². The predicted molar refractivity (Wildman–Crippen MR) is 46.6 cm³/mol. The van der Waals surface area contributed by atoms with Crippen LogP contribution in [0.1, 0.15) is 11.1 Å². The van der Waals surface area contributed by atoms with Gasteiger partial charge < -0.3 is 9.47 Å². The zero-order valence-corrected chi connectivity index (χ0v) is 7.33. The van der Waals surface area contributed by atoms with E-state index in [-0.39, 0.29) is 6.79 Å². The molecule has 1 aromatic rings. The summed E-state index contributed by atoms with van der Waals surface area (Å²) in [4.78, 5) is 0. The normalized spacial score (nSPS) is 12.6. The van der Waals surface area contributed by atoms with E-state index >= 15 is 0 Å². The number of ether oxygens (including phenoxy) is 2. The highest BCUT2D eigenvalue weighted by Crippen LogP contribution is 2.36. The topological polar surface area (TPSA) is 42.2 Å². The molecule has 0 aromatic heterocycles. The number of rotatable bonds is 1. The van der Waals surface area contributed by atoms with E-state index in [0.717, 1.165) is 22.6 Å². The van der Waals surface area contributed by atoms with Gasteiger partial charge in [-0.2, -0.15) is 5.26 Å². The van der Waals surface area contributed by atoms with E-state index in [9.17, 15) is 0 Å². The van der Waals surface area contributed by atoms with Crippen LogP contribution in [0, 0.1) is 18.3 Å². The van der Waals surface area contributed by atoms with Gasteiger partial charge in [0, 0.05) is 0 Å². The number of hydrogen-bond donors (Lipinski definition) is 0. The molecule has 0 saturated carbocycles. The number of nitriles is 1. The van der Waals surface area contributed by atoms with Crippen molar-refractivity contribution in [2.75, 3.05) is 6.79 Å². The Morgan fingerprint density at radius 3 is 3.08 bits per heavy atom. The van der Waals surface area contributed by atoms with Gasteiger partial charge in [-0.25, -0.2) is 0 Å². The van der Waals surface area contributed by atoms with Crippen LogP contribution in [0.5, 0.6) is 11.5 Å². The van der Waals surface area contributed by atoms with E-state index in [2.05, 4.69) is 6.07 Å². The van der Waals surface area contributed by atoms with Gasteiger partial charge in [-0.05, 0) is 24.1 Å². The van der Waals surface area contributed by atoms with Crippen LogP contribution in [0.4, 0.5) is 0 Å². The molecule has 3 nitrogen and oxygen atoms in total. The average Bonchev–Trinajstić information content (AvgIpc) is 2.53. The molecule has 0 aliphatic carbocycles. The summed E-state index contributed by atoms with van der Waals surface area (Å²) in [7, 11) is 0. The molecule has 0 amide bonds. The van der Waals surface area contributed by atoms with E-state index in [1.807, 2.05) is 19.1 Å². The molecule has 0 atom stereocenters. The lowest BCUT2D eigenvalue weighted by Crippen LogP contribution is -1.93. The van der Waals surface area contributed by atoms with Crippen LogP contribution in [0.25, 0.3) is 0 Å². The number of benzene rings is 1. The quantitative estimate of drug-likeness (QED) is 0.653. The molecule has 1 aliphatic rings. The summed E-state index contributed by atoms with van der Waals surface area (Å²) in [5.41, 5.74) is 2.00. The summed E-state index contributed by atoms with van der Waals surface area (Å²) in [5.74, 6) is 1.56. The van der Waals surface area contributed by atoms with Gasteiger partial charge in [0.25, 0.3) is 0 Å². The first kappa shape index (κ1) is 7.93. The van der Waals surface area contributed by atoms with Gasteiger partial charge in [-0.15, -0.1) is 0 Å². The summed E-state index contributed by atoms with van der Waals surface area (Å²) < 4.78 is 10.5.